The minimum absolute atomic E-state index is 0.0637. The van der Waals surface area contributed by atoms with Gasteiger partial charge in [0.1, 0.15) is 10.5 Å². The second-order valence-electron chi connectivity index (χ2n) is 6.76. The summed E-state index contributed by atoms with van der Waals surface area (Å²) in [4.78, 5) is 31.0. The maximum atomic E-state index is 13.1. The fourth-order valence-electron chi connectivity index (χ4n) is 3.74. The predicted octanol–water partition coefficient (Wildman–Crippen LogP) is 3.32. The van der Waals surface area contributed by atoms with Crippen molar-refractivity contribution in [3.63, 3.8) is 0 Å². The summed E-state index contributed by atoms with van der Waals surface area (Å²) in [5, 5.41) is 0.453. The smallest absolute Gasteiger partial charge is 0.267 e. The lowest BCUT2D eigenvalue weighted by atomic mass is 10.2. The lowest BCUT2D eigenvalue weighted by Crippen LogP contribution is -2.31. The van der Waals surface area contributed by atoms with Gasteiger partial charge in [0.05, 0.1) is 10.9 Å². The summed E-state index contributed by atoms with van der Waals surface area (Å²) in [6.45, 7) is 1.61. The largest absolute Gasteiger partial charge is 0.454 e. The molecule has 2 aliphatic heterocycles. The molecule has 2 aromatic heterocycles. The quantitative estimate of drug-likeness (QED) is 0.631. The molecule has 1 amide bonds. The molecular formula is C18H17N3O4S2. The van der Waals surface area contributed by atoms with E-state index in [4.69, 9.17) is 21.7 Å². The third kappa shape index (κ3) is 2.64. The molecule has 1 aromatic carbocycles. The summed E-state index contributed by atoms with van der Waals surface area (Å²) in [6, 6.07) is 3.41. The van der Waals surface area contributed by atoms with Crippen LogP contribution in [0.2, 0.25) is 0 Å². The maximum absolute atomic E-state index is 13.1. The monoisotopic (exact) mass is 403 g/mol. The number of aromatic amines is 1. The van der Waals surface area contributed by atoms with E-state index in [1.807, 2.05) is 4.90 Å². The Labute approximate surface area is 163 Å². The molecule has 0 bridgehead atoms. The lowest BCUT2D eigenvalue weighted by Gasteiger charge is -2.19. The van der Waals surface area contributed by atoms with Crippen LogP contribution in [0.3, 0.4) is 0 Å². The first kappa shape index (κ1) is 16.8. The number of nitrogens with zero attached hydrogens (tertiary/aromatic N) is 2. The zero-order valence-electron chi connectivity index (χ0n) is 14.4. The fraction of sp³-hybridized carbons (Fsp3) is 0.389. The number of rotatable bonds is 1. The summed E-state index contributed by atoms with van der Waals surface area (Å²) < 4.78 is 13.1. The van der Waals surface area contributed by atoms with E-state index in [-0.39, 0.29) is 18.3 Å². The first-order chi connectivity index (χ1) is 13.1. The van der Waals surface area contributed by atoms with Gasteiger partial charge in [0.25, 0.3) is 11.5 Å². The Bertz CT molecular complexity index is 1190. The van der Waals surface area contributed by atoms with Crippen LogP contribution in [0.4, 0.5) is 0 Å². The molecule has 3 aromatic rings. The van der Waals surface area contributed by atoms with Gasteiger partial charge in [-0.1, -0.05) is 24.2 Å². The number of benzene rings is 1. The highest BCUT2D eigenvalue weighted by Crippen LogP contribution is 2.36. The van der Waals surface area contributed by atoms with Gasteiger partial charge in [0, 0.05) is 19.2 Å². The van der Waals surface area contributed by atoms with Crippen molar-refractivity contribution in [3.8, 4) is 11.5 Å². The summed E-state index contributed by atoms with van der Waals surface area (Å²) in [7, 11) is 0. The van der Waals surface area contributed by atoms with Gasteiger partial charge in [-0.25, -0.2) is 0 Å². The molecule has 0 unspecified atom stereocenters. The molecule has 0 spiro atoms. The Morgan fingerprint density at radius 1 is 1.11 bits per heavy atom. The number of nitrogens with one attached hydrogen (secondary N) is 1. The molecule has 0 atom stereocenters. The number of aromatic nitrogens is 2. The first-order valence-corrected chi connectivity index (χ1v) is 10.2. The number of H-pyrrole nitrogens is 1. The van der Waals surface area contributed by atoms with E-state index in [0.717, 1.165) is 38.8 Å². The van der Waals surface area contributed by atoms with Crippen LogP contribution >= 0.6 is 23.6 Å². The SMILES string of the molecule is O=C(c1sc(=S)n2c1[nH]c(=O)c1cc3c(cc12)OCO3)N1CCCCCC1. The molecule has 2 aliphatic rings. The molecule has 5 rings (SSSR count). The van der Waals surface area contributed by atoms with E-state index in [1.165, 1.54) is 11.3 Å². The van der Waals surface area contributed by atoms with E-state index >= 15 is 0 Å². The third-order valence-corrected chi connectivity index (χ3v) is 6.47. The van der Waals surface area contributed by atoms with Crippen molar-refractivity contribution in [2.75, 3.05) is 19.9 Å². The van der Waals surface area contributed by atoms with Gasteiger partial charge in [-0.3, -0.25) is 14.0 Å². The van der Waals surface area contributed by atoms with Gasteiger partial charge in [0.15, 0.2) is 15.5 Å². The first-order valence-electron chi connectivity index (χ1n) is 8.94. The van der Waals surface area contributed by atoms with E-state index in [0.29, 0.717) is 36.9 Å². The molecule has 27 heavy (non-hydrogen) atoms. The molecule has 7 nitrogen and oxygen atoms in total. The Balaban J connectivity index is 1.72. The molecule has 0 aliphatic carbocycles. The number of hydrogen-bond acceptors (Lipinski definition) is 6. The van der Waals surface area contributed by atoms with E-state index in [2.05, 4.69) is 4.98 Å². The number of carbonyl (C=O) groups excluding carboxylic acids is 1. The van der Waals surface area contributed by atoms with Gasteiger partial charge in [-0.15, -0.1) is 0 Å². The third-order valence-electron chi connectivity index (χ3n) is 5.11. The number of likely N-dealkylation sites (tertiary alicyclic amines) is 1. The molecule has 0 radical (unpaired) electrons. The maximum Gasteiger partial charge on any atom is 0.267 e. The number of thiazole rings is 1. The molecule has 9 heteroatoms. The van der Waals surface area contributed by atoms with Gasteiger partial charge >= 0.3 is 0 Å². The normalized spacial score (nSPS) is 16.8. The Morgan fingerprint density at radius 2 is 1.81 bits per heavy atom. The Hall–Kier alpha value is -2.39. The predicted molar refractivity (Wildman–Crippen MR) is 105 cm³/mol. The van der Waals surface area contributed by atoms with Gasteiger partial charge in [0.2, 0.25) is 6.79 Å². The number of carbonyl (C=O) groups is 1. The number of fused-ring (bicyclic) bond motifs is 4. The van der Waals surface area contributed by atoms with Gasteiger partial charge in [-0.2, -0.15) is 0 Å². The van der Waals surface area contributed by atoms with Crippen LogP contribution in [0.1, 0.15) is 35.4 Å². The summed E-state index contributed by atoms with van der Waals surface area (Å²) in [5.74, 6) is 1.05. The van der Waals surface area contributed by atoms with E-state index < -0.39 is 0 Å². The fourth-order valence-corrected chi connectivity index (χ4v) is 5.09. The molecule has 1 fully saturated rings. The van der Waals surface area contributed by atoms with Crippen LogP contribution in [0.25, 0.3) is 16.6 Å². The van der Waals surface area contributed by atoms with Gasteiger partial charge < -0.3 is 19.4 Å². The molecule has 140 valence electrons. The van der Waals surface area contributed by atoms with Crippen molar-refractivity contribution in [1.82, 2.24) is 14.3 Å². The van der Waals surface area contributed by atoms with Crippen LogP contribution < -0.4 is 15.0 Å². The van der Waals surface area contributed by atoms with Gasteiger partial charge in [-0.05, 0) is 31.1 Å². The highest BCUT2D eigenvalue weighted by atomic mass is 32.1. The van der Waals surface area contributed by atoms with Crippen molar-refractivity contribution in [2.45, 2.75) is 25.7 Å². The van der Waals surface area contributed by atoms with E-state index in [1.54, 1.807) is 16.5 Å². The molecule has 1 saturated heterocycles. The molecule has 4 heterocycles. The standard InChI is InChI=1S/C18H17N3O4S2/c22-16-10-7-12-13(25-9-24-12)8-11(10)21-15(19-16)14(27-18(21)26)17(23)20-5-3-1-2-4-6-20/h7-8H,1-6,9H2,(H,19,22). The summed E-state index contributed by atoms with van der Waals surface area (Å²) in [5.41, 5.74) is 0.797. The van der Waals surface area contributed by atoms with Crippen LogP contribution in [-0.4, -0.2) is 40.1 Å². The van der Waals surface area contributed by atoms with Crippen molar-refractivity contribution in [3.05, 3.63) is 31.3 Å². The lowest BCUT2D eigenvalue weighted by molar-refractivity contribution is 0.0768. The molecule has 0 saturated carbocycles. The highest BCUT2D eigenvalue weighted by molar-refractivity contribution is 7.73. The van der Waals surface area contributed by atoms with Crippen LogP contribution in [-0.2, 0) is 0 Å². The Kier molecular flexibility index (Phi) is 3.94. The van der Waals surface area contributed by atoms with Crippen molar-refractivity contribution < 1.29 is 14.3 Å². The minimum Gasteiger partial charge on any atom is -0.454 e. The summed E-state index contributed by atoms with van der Waals surface area (Å²) in [6.07, 6.45) is 4.30. The topological polar surface area (TPSA) is 76.0 Å². The zero-order chi connectivity index (χ0) is 18.5. The van der Waals surface area contributed by atoms with Crippen molar-refractivity contribution in [2.24, 2.45) is 0 Å². The molecular weight excluding hydrogens is 386 g/mol. The number of hydrogen-bond donors (Lipinski definition) is 1. The number of amides is 1. The van der Waals surface area contributed by atoms with Crippen LogP contribution in [0.15, 0.2) is 16.9 Å². The van der Waals surface area contributed by atoms with Crippen LogP contribution in [0.5, 0.6) is 11.5 Å². The highest BCUT2D eigenvalue weighted by Gasteiger charge is 2.25. The average molecular weight is 403 g/mol. The average Bonchev–Trinajstić information content (AvgIpc) is 3.13. The minimum atomic E-state index is -0.277. The Morgan fingerprint density at radius 3 is 2.56 bits per heavy atom. The number of ether oxygens (including phenoxy) is 2. The van der Waals surface area contributed by atoms with Crippen molar-refractivity contribution >= 4 is 46.0 Å². The van der Waals surface area contributed by atoms with Crippen LogP contribution in [0, 0.1) is 3.95 Å². The van der Waals surface area contributed by atoms with Crippen molar-refractivity contribution in [1.29, 1.82) is 0 Å². The zero-order valence-corrected chi connectivity index (χ0v) is 16.1. The van der Waals surface area contributed by atoms with E-state index in [9.17, 15) is 9.59 Å². The second-order valence-corrected chi connectivity index (χ2v) is 8.41. The molecule has 1 N–H and O–H groups in total. The summed E-state index contributed by atoms with van der Waals surface area (Å²) >= 11 is 6.77. The second kappa shape index (κ2) is 6.35.